The average Bonchev–Trinajstić information content (AvgIpc) is 2.43. The molecule has 0 heterocycles. The minimum atomic E-state index is -0.563. The summed E-state index contributed by atoms with van der Waals surface area (Å²) in [4.78, 5) is 33.9. The first-order valence-electron chi connectivity index (χ1n) is 7.38. The van der Waals surface area contributed by atoms with Gasteiger partial charge in [0.25, 0.3) is 0 Å². The van der Waals surface area contributed by atoms with Gasteiger partial charge in [0, 0.05) is 0 Å². The van der Waals surface area contributed by atoms with Crippen molar-refractivity contribution in [3.8, 4) is 0 Å². The standard InChI is InChI=1S/C18H22O4/c1-17(2)11-7-5-9-13(17)15(19)21-22-16(20)14-10-6-8-12-18(14,3)4/h5-14H,1-4H3. The summed E-state index contributed by atoms with van der Waals surface area (Å²) in [5.74, 6) is -2.07. The van der Waals surface area contributed by atoms with Crippen LogP contribution in [0.5, 0.6) is 0 Å². The summed E-state index contributed by atoms with van der Waals surface area (Å²) in [5.41, 5.74) is -0.740. The maximum absolute atomic E-state index is 12.1. The van der Waals surface area contributed by atoms with Crippen LogP contribution in [0.15, 0.2) is 48.6 Å². The molecule has 0 radical (unpaired) electrons. The number of carbonyl (C=O) groups excluding carboxylic acids is 2. The van der Waals surface area contributed by atoms with Gasteiger partial charge in [0.05, 0.1) is 11.8 Å². The molecule has 4 nitrogen and oxygen atoms in total. The minimum absolute atomic E-state index is 0.370. The monoisotopic (exact) mass is 302 g/mol. The molecule has 4 heteroatoms. The predicted octanol–water partition coefficient (Wildman–Crippen LogP) is 3.52. The summed E-state index contributed by atoms with van der Waals surface area (Å²) >= 11 is 0. The fraction of sp³-hybridized carbons (Fsp3) is 0.444. The largest absolute Gasteiger partial charge is 0.363 e. The molecule has 2 unspecified atom stereocenters. The molecule has 0 aliphatic heterocycles. The Hall–Kier alpha value is -2.10. The Labute approximate surface area is 131 Å². The summed E-state index contributed by atoms with van der Waals surface area (Å²) in [6.07, 6.45) is 14.7. The molecule has 0 aromatic carbocycles. The fourth-order valence-electron chi connectivity index (χ4n) is 2.61. The van der Waals surface area contributed by atoms with Crippen molar-refractivity contribution in [1.82, 2.24) is 0 Å². The van der Waals surface area contributed by atoms with E-state index >= 15 is 0 Å². The quantitative estimate of drug-likeness (QED) is 0.578. The zero-order valence-corrected chi connectivity index (χ0v) is 13.4. The second-order valence-corrected chi connectivity index (χ2v) is 6.89. The van der Waals surface area contributed by atoms with Crippen LogP contribution in [0.4, 0.5) is 0 Å². The highest BCUT2D eigenvalue weighted by Gasteiger charge is 2.38. The molecule has 2 aliphatic rings. The summed E-state index contributed by atoms with van der Waals surface area (Å²) in [6.45, 7) is 7.72. The van der Waals surface area contributed by atoms with Gasteiger partial charge < -0.3 is 0 Å². The second-order valence-electron chi connectivity index (χ2n) is 6.89. The molecule has 0 spiro atoms. The summed E-state index contributed by atoms with van der Waals surface area (Å²) < 4.78 is 0. The van der Waals surface area contributed by atoms with E-state index in [-0.39, 0.29) is 10.8 Å². The SMILES string of the molecule is CC1(C)C=CC=CC1C(=O)OOC(=O)C1C=CC=CC1(C)C. The van der Waals surface area contributed by atoms with E-state index in [0.29, 0.717) is 0 Å². The lowest BCUT2D eigenvalue weighted by Gasteiger charge is -2.30. The highest BCUT2D eigenvalue weighted by atomic mass is 17.2. The Morgan fingerprint density at radius 3 is 1.41 bits per heavy atom. The Morgan fingerprint density at radius 2 is 1.09 bits per heavy atom. The highest BCUT2D eigenvalue weighted by molar-refractivity contribution is 5.79. The fourth-order valence-corrected chi connectivity index (χ4v) is 2.61. The van der Waals surface area contributed by atoms with Crippen LogP contribution in [0, 0.1) is 22.7 Å². The topological polar surface area (TPSA) is 52.6 Å². The van der Waals surface area contributed by atoms with Crippen molar-refractivity contribution in [3.63, 3.8) is 0 Å². The van der Waals surface area contributed by atoms with Crippen LogP contribution in [0.3, 0.4) is 0 Å². The summed E-state index contributed by atoms with van der Waals surface area (Å²) in [7, 11) is 0. The lowest BCUT2D eigenvalue weighted by atomic mass is 9.76. The van der Waals surface area contributed by atoms with Crippen LogP contribution in [0.25, 0.3) is 0 Å². The Balaban J connectivity index is 1.96. The Bertz CT molecular complexity index is 524. The highest BCUT2D eigenvalue weighted by Crippen LogP contribution is 2.35. The van der Waals surface area contributed by atoms with Crippen molar-refractivity contribution in [2.24, 2.45) is 22.7 Å². The molecule has 0 amide bonds. The molecular formula is C18H22O4. The van der Waals surface area contributed by atoms with Crippen molar-refractivity contribution < 1.29 is 19.4 Å². The maximum Gasteiger partial charge on any atom is 0.363 e. The van der Waals surface area contributed by atoms with Gasteiger partial charge in [-0.1, -0.05) is 76.3 Å². The third-order valence-corrected chi connectivity index (χ3v) is 4.20. The van der Waals surface area contributed by atoms with Gasteiger partial charge >= 0.3 is 11.9 Å². The van der Waals surface area contributed by atoms with E-state index in [4.69, 9.17) is 9.78 Å². The van der Waals surface area contributed by atoms with Gasteiger partial charge in [0.2, 0.25) is 0 Å². The van der Waals surface area contributed by atoms with E-state index < -0.39 is 23.8 Å². The normalized spacial score (nSPS) is 27.5. The molecule has 22 heavy (non-hydrogen) atoms. The molecule has 0 fully saturated rings. The zero-order valence-electron chi connectivity index (χ0n) is 13.4. The Kier molecular flexibility index (Phi) is 4.40. The number of hydrogen-bond acceptors (Lipinski definition) is 4. The summed E-state index contributed by atoms with van der Waals surface area (Å²) in [5, 5.41) is 0. The second kappa shape index (κ2) is 5.95. The molecule has 0 aromatic rings. The minimum Gasteiger partial charge on any atom is -0.247 e. The van der Waals surface area contributed by atoms with E-state index in [1.165, 1.54) is 0 Å². The van der Waals surface area contributed by atoms with E-state index in [1.54, 1.807) is 24.3 Å². The van der Waals surface area contributed by atoms with Crippen LogP contribution in [0.2, 0.25) is 0 Å². The number of carbonyl (C=O) groups is 2. The molecule has 0 aromatic heterocycles. The zero-order chi connectivity index (χ0) is 16.4. The van der Waals surface area contributed by atoms with Gasteiger partial charge in [-0.3, -0.25) is 0 Å². The van der Waals surface area contributed by atoms with Crippen molar-refractivity contribution in [3.05, 3.63) is 48.6 Å². The van der Waals surface area contributed by atoms with Crippen molar-refractivity contribution >= 4 is 11.9 Å². The first-order valence-corrected chi connectivity index (χ1v) is 7.38. The molecule has 0 saturated heterocycles. The van der Waals surface area contributed by atoms with Crippen LogP contribution >= 0.6 is 0 Å². The lowest BCUT2D eigenvalue weighted by molar-refractivity contribution is -0.266. The third kappa shape index (κ3) is 3.38. The third-order valence-electron chi connectivity index (χ3n) is 4.20. The van der Waals surface area contributed by atoms with Crippen molar-refractivity contribution in [1.29, 1.82) is 0 Å². The molecule has 0 saturated carbocycles. The molecule has 0 bridgehead atoms. The lowest BCUT2D eigenvalue weighted by Crippen LogP contribution is -2.34. The first kappa shape index (κ1) is 16.3. The first-order chi connectivity index (χ1) is 10.2. The number of allylic oxidation sites excluding steroid dienone is 6. The van der Waals surface area contributed by atoms with Crippen molar-refractivity contribution in [2.75, 3.05) is 0 Å². The van der Waals surface area contributed by atoms with Gasteiger partial charge in [0.1, 0.15) is 0 Å². The van der Waals surface area contributed by atoms with Gasteiger partial charge in [-0.2, -0.15) is 0 Å². The smallest absolute Gasteiger partial charge is 0.247 e. The van der Waals surface area contributed by atoms with E-state index in [2.05, 4.69) is 0 Å². The van der Waals surface area contributed by atoms with Crippen LogP contribution in [-0.4, -0.2) is 11.9 Å². The molecule has 2 atom stereocenters. The van der Waals surface area contributed by atoms with Crippen LogP contribution in [0.1, 0.15) is 27.7 Å². The van der Waals surface area contributed by atoms with Gasteiger partial charge in [-0.15, -0.1) is 0 Å². The molecular weight excluding hydrogens is 280 g/mol. The average molecular weight is 302 g/mol. The predicted molar refractivity (Wildman–Crippen MR) is 83.3 cm³/mol. The van der Waals surface area contributed by atoms with Crippen LogP contribution < -0.4 is 0 Å². The van der Waals surface area contributed by atoms with Crippen LogP contribution in [-0.2, 0) is 19.4 Å². The van der Waals surface area contributed by atoms with Gasteiger partial charge in [-0.25, -0.2) is 19.4 Å². The molecule has 118 valence electrons. The van der Waals surface area contributed by atoms with Gasteiger partial charge in [-0.05, 0) is 10.8 Å². The molecule has 2 aliphatic carbocycles. The molecule has 0 N–H and O–H groups in total. The molecule has 2 rings (SSSR count). The maximum atomic E-state index is 12.1. The Morgan fingerprint density at radius 1 is 0.727 bits per heavy atom. The van der Waals surface area contributed by atoms with Crippen molar-refractivity contribution in [2.45, 2.75) is 27.7 Å². The number of hydrogen-bond donors (Lipinski definition) is 0. The van der Waals surface area contributed by atoms with E-state index in [9.17, 15) is 9.59 Å². The van der Waals surface area contributed by atoms with E-state index in [0.717, 1.165) is 0 Å². The van der Waals surface area contributed by atoms with Gasteiger partial charge in [0.15, 0.2) is 0 Å². The van der Waals surface area contributed by atoms with E-state index in [1.807, 2.05) is 52.0 Å². The summed E-state index contributed by atoms with van der Waals surface area (Å²) in [6, 6.07) is 0. The number of rotatable bonds is 2.